The van der Waals surface area contributed by atoms with Gasteiger partial charge in [-0.15, -0.1) is 0 Å². The van der Waals surface area contributed by atoms with E-state index >= 15 is 0 Å². The van der Waals surface area contributed by atoms with Crippen LogP contribution in [0.3, 0.4) is 0 Å². The lowest BCUT2D eigenvalue weighted by molar-refractivity contribution is -0.171. The molecule has 14 heavy (non-hydrogen) atoms. The van der Waals surface area contributed by atoms with Crippen LogP contribution in [0.15, 0.2) is 0 Å². The van der Waals surface area contributed by atoms with Gasteiger partial charge in [0.15, 0.2) is 6.29 Å². The molecule has 0 unspecified atom stereocenters. The van der Waals surface area contributed by atoms with Gasteiger partial charge >= 0.3 is 0 Å². The van der Waals surface area contributed by atoms with Crippen LogP contribution >= 0.6 is 0 Å². The van der Waals surface area contributed by atoms with E-state index in [4.69, 9.17) is 9.47 Å². The number of rotatable bonds is 8. The van der Waals surface area contributed by atoms with Crippen molar-refractivity contribution < 1.29 is 9.47 Å². The van der Waals surface area contributed by atoms with Gasteiger partial charge in [0.1, 0.15) is 0 Å². The SMILES string of the molecule is [CH2]C(OC(CC)CC)OC(CC)CC. The monoisotopic (exact) mass is 201 g/mol. The van der Waals surface area contributed by atoms with Crippen LogP contribution < -0.4 is 0 Å². The summed E-state index contributed by atoms with van der Waals surface area (Å²) in [5, 5.41) is 0. The Balaban J connectivity index is 3.77. The van der Waals surface area contributed by atoms with Crippen LogP contribution in [0.4, 0.5) is 0 Å². The Hall–Kier alpha value is -0.0800. The number of hydrogen-bond acceptors (Lipinski definition) is 2. The molecule has 0 aliphatic heterocycles. The Morgan fingerprint density at radius 3 is 1.29 bits per heavy atom. The highest BCUT2D eigenvalue weighted by atomic mass is 16.7. The minimum atomic E-state index is -0.315. The van der Waals surface area contributed by atoms with Crippen molar-refractivity contribution >= 4 is 0 Å². The molecule has 0 saturated heterocycles. The molecule has 0 amide bonds. The van der Waals surface area contributed by atoms with E-state index in [-0.39, 0.29) is 18.5 Å². The number of hydrogen-bond donors (Lipinski definition) is 0. The zero-order valence-electron chi connectivity index (χ0n) is 10.1. The van der Waals surface area contributed by atoms with Crippen LogP contribution in [-0.4, -0.2) is 18.5 Å². The zero-order chi connectivity index (χ0) is 11.0. The van der Waals surface area contributed by atoms with Gasteiger partial charge in [-0.2, -0.15) is 0 Å². The smallest absolute Gasteiger partial charge is 0.158 e. The van der Waals surface area contributed by atoms with Gasteiger partial charge in [0.25, 0.3) is 0 Å². The summed E-state index contributed by atoms with van der Waals surface area (Å²) in [6.07, 6.45) is 4.34. The summed E-state index contributed by atoms with van der Waals surface area (Å²) >= 11 is 0. The summed E-state index contributed by atoms with van der Waals surface area (Å²) in [6, 6.07) is 0. The fraction of sp³-hybridized carbons (Fsp3) is 0.917. The van der Waals surface area contributed by atoms with E-state index in [1.54, 1.807) is 0 Å². The van der Waals surface area contributed by atoms with E-state index < -0.39 is 0 Å². The lowest BCUT2D eigenvalue weighted by Crippen LogP contribution is -2.26. The normalized spacial score (nSPS) is 12.0. The Morgan fingerprint density at radius 2 is 1.07 bits per heavy atom. The zero-order valence-corrected chi connectivity index (χ0v) is 10.1. The van der Waals surface area contributed by atoms with Crippen molar-refractivity contribution in [1.82, 2.24) is 0 Å². The van der Waals surface area contributed by atoms with E-state index in [9.17, 15) is 0 Å². The van der Waals surface area contributed by atoms with Gasteiger partial charge in [-0.1, -0.05) is 27.7 Å². The first-order valence-corrected chi connectivity index (χ1v) is 5.81. The molecular weight excluding hydrogens is 176 g/mol. The Kier molecular flexibility index (Phi) is 8.20. The maximum Gasteiger partial charge on any atom is 0.158 e. The van der Waals surface area contributed by atoms with Crippen molar-refractivity contribution in [3.05, 3.63) is 6.92 Å². The molecule has 0 aliphatic rings. The maximum absolute atomic E-state index is 5.65. The minimum Gasteiger partial charge on any atom is -0.349 e. The lowest BCUT2D eigenvalue weighted by Gasteiger charge is -2.24. The molecule has 0 aromatic rings. The molecule has 0 aromatic heterocycles. The predicted molar refractivity (Wildman–Crippen MR) is 60.1 cm³/mol. The van der Waals surface area contributed by atoms with Crippen LogP contribution in [0.5, 0.6) is 0 Å². The molecule has 2 heteroatoms. The average molecular weight is 201 g/mol. The molecule has 85 valence electrons. The quantitative estimate of drug-likeness (QED) is 0.559. The minimum absolute atomic E-state index is 0.284. The predicted octanol–water partition coefficient (Wildman–Crippen LogP) is 3.56. The van der Waals surface area contributed by atoms with E-state index in [2.05, 4.69) is 34.6 Å². The molecule has 2 nitrogen and oxygen atoms in total. The molecule has 0 N–H and O–H groups in total. The number of ether oxygens (including phenoxy) is 2. The van der Waals surface area contributed by atoms with Gasteiger partial charge in [0.2, 0.25) is 0 Å². The van der Waals surface area contributed by atoms with Crippen LogP contribution in [0.25, 0.3) is 0 Å². The van der Waals surface area contributed by atoms with E-state index in [1.807, 2.05) is 0 Å². The molecule has 0 fully saturated rings. The third kappa shape index (κ3) is 5.61. The van der Waals surface area contributed by atoms with Gasteiger partial charge in [-0.3, -0.25) is 0 Å². The summed E-state index contributed by atoms with van der Waals surface area (Å²) in [4.78, 5) is 0. The van der Waals surface area contributed by atoms with Gasteiger partial charge in [0, 0.05) is 6.92 Å². The van der Waals surface area contributed by atoms with E-state index in [0.717, 1.165) is 25.7 Å². The highest BCUT2D eigenvalue weighted by Crippen LogP contribution is 2.11. The summed E-state index contributed by atoms with van der Waals surface area (Å²) < 4.78 is 11.3. The van der Waals surface area contributed by atoms with Gasteiger partial charge < -0.3 is 9.47 Å². The van der Waals surface area contributed by atoms with Gasteiger partial charge in [-0.05, 0) is 25.7 Å². The second-order valence-corrected chi connectivity index (χ2v) is 3.58. The molecule has 0 heterocycles. The maximum atomic E-state index is 5.65. The largest absolute Gasteiger partial charge is 0.349 e. The molecule has 0 saturated carbocycles. The first-order valence-electron chi connectivity index (χ1n) is 5.81. The fourth-order valence-electron chi connectivity index (χ4n) is 1.42. The van der Waals surface area contributed by atoms with Crippen molar-refractivity contribution in [2.75, 3.05) is 0 Å². The second kappa shape index (κ2) is 8.25. The van der Waals surface area contributed by atoms with Crippen molar-refractivity contribution in [1.29, 1.82) is 0 Å². The molecule has 0 rings (SSSR count). The molecule has 0 atom stereocenters. The first kappa shape index (κ1) is 13.9. The van der Waals surface area contributed by atoms with Crippen molar-refractivity contribution in [2.24, 2.45) is 0 Å². The molecule has 1 radical (unpaired) electrons. The topological polar surface area (TPSA) is 18.5 Å². The molecule has 0 spiro atoms. The lowest BCUT2D eigenvalue weighted by atomic mass is 10.2. The van der Waals surface area contributed by atoms with Crippen LogP contribution in [0.2, 0.25) is 0 Å². The highest BCUT2D eigenvalue weighted by molar-refractivity contribution is 4.59. The highest BCUT2D eigenvalue weighted by Gasteiger charge is 2.13. The Labute approximate surface area is 89.0 Å². The van der Waals surface area contributed by atoms with Crippen LogP contribution in [-0.2, 0) is 9.47 Å². The van der Waals surface area contributed by atoms with Crippen molar-refractivity contribution in [2.45, 2.75) is 71.9 Å². The van der Waals surface area contributed by atoms with Crippen molar-refractivity contribution in [3.8, 4) is 0 Å². The fourth-order valence-corrected chi connectivity index (χ4v) is 1.42. The average Bonchev–Trinajstić information content (AvgIpc) is 2.22. The third-order valence-electron chi connectivity index (χ3n) is 2.51. The molecular formula is C12H25O2. The van der Waals surface area contributed by atoms with E-state index in [0.29, 0.717) is 0 Å². The molecule has 0 bridgehead atoms. The summed E-state index contributed by atoms with van der Waals surface area (Å²) in [5.74, 6) is 0. The molecule has 0 aromatic carbocycles. The second-order valence-electron chi connectivity index (χ2n) is 3.58. The van der Waals surface area contributed by atoms with Crippen LogP contribution in [0.1, 0.15) is 53.4 Å². The van der Waals surface area contributed by atoms with Gasteiger partial charge in [0.05, 0.1) is 12.2 Å². The third-order valence-corrected chi connectivity index (χ3v) is 2.51. The molecule has 0 aliphatic carbocycles. The Bertz CT molecular complexity index is 103. The summed E-state index contributed by atoms with van der Waals surface area (Å²) in [6.45, 7) is 12.4. The summed E-state index contributed by atoms with van der Waals surface area (Å²) in [7, 11) is 0. The first-order chi connectivity index (χ1) is 6.67. The van der Waals surface area contributed by atoms with Crippen molar-refractivity contribution in [3.63, 3.8) is 0 Å². The summed E-state index contributed by atoms with van der Waals surface area (Å²) in [5.41, 5.74) is 0. The van der Waals surface area contributed by atoms with Crippen LogP contribution in [0, 0.1) is 6.92 Å². The van der Waals surface area contributed by atoms with Gasteiger partial charge in [-0.25, -0.2) is 0 Å². The van der Waals surface area contributed by atoms with E-state index in [1.165, 1.54) is 0 Å². The standard InChI is InChI=1S/C12H25O2/c1-6-11(7-2)13-10(5)14-12(8-3)9-4/h10-12H,5-9H2,1-4H3. The Morgan fingerprint density at radius 1 is 0.786 bits per heavy atom.